The first kappa shape index (κ1) is 15.3. The number of hydrogen-bond donors (Lipinski definition) is 3. The van der Waals surface area contributed by atoms with Gasteiger partial charge in [-0.1, -0.05) is 18.3 Å². The van der Waals surface area contributed by atoms with E-state index in [4.69, 9.17) is 5.73 Å². The monoisotopic (exact) mass is 308 g/mol. The van der Waals surface area contributed by atoms with Crippen molar-refractivity contribution in [1.29, 1.82) is 0 Å². The molecule has 0 saturated carbocycles. The Bertz CT molecular complexity index is 618. The summed E-state index contributed by atoms with van der Waals surface area (Å²) in [6, 6.07) is 0.244. The summed E-state index contributed by atoms with van der Waals surface area (Å²) in [5, 5.41) is 10.7. The molecule has 0 bridgehead atoms. The Morgan fingerprint density at radius 2 is 2.29 bits per heavy atom. The molecule has 8 heteroatoms. The van der Waals surface area contributed by atoms with Crippen LogP contribution in [-0.2, 0) is 0 Å². The minimum absolute atomic E-state index is 0.243. The summed E-state index contributed by atoms with van der Waals surface area (Å²) in [6.07, 6.45) is 4.39. The van der Waals surface area contributed by atoms with Gasteiger partial charge in [-0.15, -0.1) is 0 Å². The van der Waals surface area contributed by atoms with Gasteiger partial charge in [-0.25, -0.2) is 4.98 Å². The minimum atomic E-state index is -0.266. The SMILES string of the molecule is CCCNc1nc(N)c(C(=O)Nc2cnn(C(C)C)c2)s1. The maximum Gasteiger partial charge on any atom is 0.269 e. The van der Waals surface area contributed by atoms with E-state index >= 15 is 0 Å². The quantitative estimate of drug-likeness (QED) is 0.762. The highest BCUT2D eigenvalue weighted by atomic mass is 32.1. The third-order valence-electron chi connectivity index (χ3n) is 2.77. The van der Waals surface area contributed by atoms with Gasteiger partial charge in [0, 0.05) is 18.8 Å². The van der Waals surface area contributed by atoms with Crippen LogP contribution in [0.25, 0.3) is 0 Å². The van der Waals surface area contributed by atoms with Gasteiger partial charge in [-0.05, 0) is 20.3 Å². The highest BCUT2D eigenvalue weighted by molar-refractivity contribution is 7.18. The molecule has 114 valence electrons. The molecule has 0 aliphatic rings. The molecule has 0 saturated heterocycles. The lowest BCUT2D eigenvalue weighted by Crippen LogP contribution is -2.11. The zero-order chi connectivity index (χ0) is 15.4. The summed E-state index contributed by atoms with van der Waals surface area (Å²) in [6.45, 7) is 6.90. The molecule has 0 atom stereocenters. The van der Waals surface area contributed by atoms with Gasteiger partial charge in [0.05, 0.1) is 11.9 Å². The second kappa shape index (κ2) is 6.57. The van der Waals surface area contributed by atoms with Crippen molar-refractivity contribution in [3.63, 3.8) is 0 Å². The second-order valence-corrected chi connectivity index (χ2v) is 5.92. The number of thiazole rings is 1. The predicted molar refractivity (Wildman–Crippen MR) is 85.9 cm³/mol. The first-order valence-corrected chi connectivity index (χ1v) is 7.68. The standard InChI is InChI=1S/C13H20N6OS/c1-4-5-15-13-18-11(14)10(21-13)12(20)17-9-6-16-19(7-9)8(2)3/h6-8H,4-5,14H2,1-3H3,(H,15,18)(H,17,20). The molecule has 2 aromatic heterocycles. The fourth-order valence-corrected chi connectivity index (χ4v) is 2.48. The molecule has 4 N–H and O–H groups in total. The number of amides is 1. The predicted octanol–water partition coefficient (Wildman–Crippen LogP) is 2.58. The van der Waals surface area contributed by atoms with Gasteiger partial charge in [-0.2, -0.15) is 5.10 Å². The number of aromatic nitrogens is 3. The van der Waals surface area contributed by atoms with Crippen molar-refractivity contribution < 1.29 is 4.79 Å². The van der Waals surface area contributed by atoms with Crippen LogP contribution in [-0.4, -0.2) is 27.2 Å². The number of nitrogens with zero attached hydrogens (tertiary/aromatic N) is 3. The van der Waals surface area contributed by atoms with Gasteiger partial charge < -0.3 is 16.4 Å². The minimum Gasteiger partial charge on any atom is -0.382 e. The Balaban J connectivity index is 2.07. The van der Waals surface area contributed by atoms with E-state index in [-0.39, 0.29) is 17.8 Å². The van der Waals surface area contributed by atoms with E-state index in [1.165, 1.54) is 11.3 Å². The van der Waals surface area contributed by atoms with Crippen molar-refractivity contribution >= 4 is 33.9 Å². The van der Waals surface area contributed by atoms with Crippen LogP contribution >= 0.6 is 11.3 Å². The van der Waals surface area contributed by atoms with Crippen LogP contribution in [0.15, 0.2) is 12.4 Å². The summed E-state index contributed by atoms with van der Waals surface area (Å²) in [4.78, 5) is 16.8. The van der Waals surface area contributed by atoms with E-state index < -0.39 is 0 Å². The lowest BCUT2D eigenvalue weighted by atomic mass is 10.4. The molecule has 0 fully saturated rings. The largest absolute Gasteiger partial charge is 0.382 e. The van der Waals surface area contributed by atoms with E-state index in [2.05, 4.69) is 27.6 Å². The summed E-state index contributed by atoms with van der Waals surface area (Å²) in [7, 11) is 0. The average molecular weight is 308 g/mol. The molecular weight excluding hydrogens is 288 g/mol. The summed E-state index contributed by atoms with van der Waals surface area (Å²) in [5.74, 6) is -0.0230. The molecule has 0 aliphatic heterocycles. The van der Waals surface area contributed by atoms with Gasteiger partial charge in [0.2, 0.25) is 0 Å². The van der Waals surface area contributed by atoms with Gasteiger partial charge >= 0.3 is 0 Å². The number of nitrogen functional groups attached to an aromatic ring is 1. The van der Waals surface area contributed by atoms with Crippen molar-refractivity contribution in [2.24, 2.45) is 0 Å². The number of nitrogens with one attached hydrogen (secondary N) is 2. The van der Waals surface area contributed by atoms with Crippen LogP contribution in [0, 0.1) is 0 Å². The Morgan fingerprint density at radius 1 is 1.52 bits per heavy atom. The Kier molecular flexibility index (Phi) is 4.79. The zero-order valence-corrected chi connectivity index (χ0v) is 13.2. The van der Waals surface area contributed by atoms with Crippen molar-refractivity contribution in [3.05, 3.63) is 17.3 Å². The molecule has 0 radical (unpaired) electrons. The fourth-order valence-electron chi connectivity index (χ4n) is 1.68. The number of rotatable bonds is 6. The second-order valence-electron chi connectivity index (χ2n) is 4.92. The van der Waals surface area contributed by atoms with Gasteiger partial charge in [0.15, 0.2) is 5.13 Å². The van der Waals surface area contributed by atoms with Crippen molar-refractivity contribution in [3.8, 4) is 0 Å². The lowest BCUT2D eigenvalue weighted by molar-refractivity contribution is 0.103. The molecule has 7 nitrogen and oxygen atoms in total. The van der Waals surface area contributed by atoms with Crippen molar-refractivity contribution in [1.82, 2.24) is 14.8 Å². The zero-order valence-electron chi connectivity index (χ0n) is 12.4. The Labute approximate surface area is 127 Å². The molecule has 0 aliphatic carbocycles. The lowest BCUT2D eigenvalue weighted by Gasteiger charge is -2.03. The summed E-state index contributed by atoms with van der Waals surface area (Å²) >= 11 is 1.25. The van der Waals surface area contributed by atoms with Gasteiger partial charge in [0.25, 0.3) is 5.91 Å². The molecular formula is C13H20N6OS. The van der Waals surface area contributed by atoms with Crippen molar-refractivity contribution in [2.45, 2.75) is 33.2 Å². The van der Waals surface area contributed by atoms with E-state index in [1.54, 1.807) is 17.1 Å². The summed E-state index contributed by atoms with van der Waals surface area (Å²) < 4.78 is 1.78. The van der Waals surface area contributed by atoms with E-state index in [0.717, 1.165) is 13.0 Å². The molecule has 0 spiro atoms. The number of anilines is 3. The normalized spacial score (nSPS) is 10.9. The molecule has 2 heterocycles. The molecule has 2 rings (SSSR count). The average Bonchev–Trinajstić information content (AvgIpc) is 3.03. The van der Waals surface area contributed by atoms with Crippen LogP contribution < -0.4 is 16.4 Å². The molecule has 21 heavy (non-hydrogen) atoms. The number of carbonyl (C=O) groups excluding carboxylic acids is 1. The third-order valence-corrected chi connectivity index (χ3v) is 3.80. The van der Waals surface area contributed by atoms with Crippen LogP contribution in [0.4, 0.5) is 16.6 Å². The Morgan fingerprint density at radius 3 is 2.90 bits per heavy atom. The number of nitrogens with two attached hydrogens (primary N) is 1. The number of hydrogen-bond acceptors (Lipinski definition) is 6. The maximum absolute atomic E-state index is 12.2. The van der Waals surface area contributed by atoms with Crippen molar-refractivity contribution in [2.75, 3.05) is 22.9 Å². The highest BCUT2D eigenvalue weighted by Gasteiger charge is 2.17. The van der Waals surface area contributed by atoms with E-state index in [0.29, 0.717) is 15.7 Å². The van der Waals surface area contributed by atoms with Crippen LogP contribution in [0.3, 0.4) is 0 Å². The van der Waals surface area contributed by atoms with E-state index in [1.807, 2.05) is 13.8 Å². The highest BCUT2D eigenvalue weighted by Crippen LogP contribution is 2.26. The first-order valence-electron chi connectivity index (χ1n) is 6.87. The summed E-state index contributed by atoms with van der Waals surface area (Å²) in [5.41, 5.74) is 6.44. The fraction of sp³-hybridized carbons (Fsp3) is 0.462. The molecule has 2 aromatic rings. The smallest absolute Gasteiger partial charge is 0.269 e. The van der Waals surface area contributed by atoms with Crippen LogP contribution in [0.5, 0.6) is 0 Å². The topological polar surface area (TPSA) is 97.9 Å². The van der Waals surface area contributed by atoms with E-state index in [9.17, 15) is 4.79 Å². The molecule has 1 amide bonds. The first-order chi connectivity index (χ1) is 10.0. The molecule has 0 unspecified atom stereocenters. The maximum atomic E-state index is 12.2. The van der Waals surface area contributed by atoms with Crippen LogP contribution in [0.1, 0.15) is 42.9 Å². The Hall–Kier alpha value is -2.09. The molecule has 0 aromatic carbocycles. The third kappa shape index (κ3) is 3.72. The van der Waals surface area contributed by atoms with Crippen LogP contribution in [0.2, 0.25) is 0 Å². The number of carbonyl (C=O) groups is 1. The van der Waals surface area contributed by atoms with Gasteiger partial charge in [0.1, 0.15) is 10.7 Å². The van der Waals surface area contributed by atoms with Gasteiger partial charge in [-0.3, -0.25) is 9.48 Å².